The minimum absolute atomic E-state index is 0.0102. The number of ether oxygens (including phenoxy) is 1. The van der Waals surface area contributed by atoms with E-state index in [0.717, 1.165) is 18.2 Å². The molecule has 6 nitrogen and oxygen atoms in total. The second kappa shape index (κ2) is 9.09. The van der Waals surface area contributed by atoms with E-state index in [4.69, 9.17) is 4.74 Å². The van der Waals surface area contributed by atoms with Crippen LogP contribution in [0.4, 0.5) is 22.0 Å². The zero-order chi connectivity index (χ0) is 27.4. The highest BCUT2D eigenvalue weighted by molar-refractivity contribution is 5.95. The van der Waals surface area contributed by atoms with Crippen molar-refractivity contribution in [1.82, 2.24) is 19.7 Å². The normalized spacial score (nSPS) is 11.8. The largest absolute Gasteiger partial charge is 0.438 e. The molecule has 194 valence electrons. The van der Waals surface area contributed by atoms with E-state index in [1.165, 1.54) is 13.8 Å². The van der Waals surface area contributed by atoms with Crippen molar-refractivity contribution in [2.24, 2.45) is 7.05 Å². The molecule has 0 saturated heterocycles. The molecule has 2 aromatic carbocycles. The Morgan fingerprint density at radius 1 is 1.03 bits per heavy atom. The molecule has 0 saturated carbocycles. The third kappa shape index (κ3) is 4.19. The van der Waals surface area contributed by atoms with Crippen LogP contribution in [0.25, 0.3) is 33.4 Å². The Morgan fingerprint density at radius 2 is 1.79 bits per heavy atom. The molecular weight excluding hydrogens is 507 g/mol. The number of nitrogens with one attached hydrogen (secondary N) is 1. The summed E-state index contributed by atoms with van der Waals surface area (Å²) in [6.07, 6.45) is -2.56. The Morgan fingerprint density at radius 3 is 2.47 bits per heavy atom. The molecule has 0 aliphatic heterocycles. The summed E-state index contributed by atoms with van der Waals surface area (Å²) in [5, 5.41) is 4.45. The van der Waals surface area contributed by atoms with Crippen LogP contribution in [0.2, 0.25) is 0 Å². The maximum absolute atomic E-state index is 14.1. The lowest BCUT2D eigenvalue weighted by Crippen LogP contribution is -2.12. The van der Waals surface area contributed by atoms with Crippen LogP contribution in [0, 0.1) is 25.5 Å². The second-order valence-electron chi connectivity index (χ2n) is 8.68. The van der Waals surface area contributed by atoms with Gasteiger partial charge in [-0.05, 0) is 43.7 Å². The topological polar surface area (TPSA) is 72.8 Å². The van der Waals surface area contributed by atoms with Crippen LogP contribution in [-0.4, -0.2) is 19.7 Å². The monoisotopic (exact) mass is 526 g/mol. The number of alkyl halides is 3. The van der Waals surface area contributed by atoms with Gasteiger partial charge in [0.15, 0.2) is 17.1 Å². The number of hydrogen-bond donors (Lipinski definition) is 1. The molecule has 0 aliphatic carbocycles. The molecule has 0 amide bonds. The van der Waals surface area contributed by atoms with Crippen molar-refractivity contribution in [3.05, 3.63) is 93.4 Å². The molecule has 0 radical (unpaired) electrons. The van der Waals surface area contributed by atoms with Crippen LogP contribution in [0.5, 0.6) is 11.6 Å². The first-order valence-electron chi connectivity index (χ1n) is 11.3. The fraction of sp³-hybridized carbons (Fsp3) is 0.148. The van der Waals surface area contributed by atoms with Crippen LogP contribution in [0.3, 0.4) is 0 Å². The maximum Gasteiger partial charge on any atom is 0.418 e. The van der Waals surface area contributed by atoms with Crippen molar-refractivity contribution in [3.63, 3.8) is 0 Å². The van der Waals surface area contributed by atoms with Crippen molar-refractivity contribution >= 4 is 10.9 Å². The highest BCUT2D eigenvalue weighted by Gasteiger charge is 2.35. The van der Waals surface area contributed by atoms with Gasteiger partial charge in [0.2, 0.25) is 5.88 Å². The van der Waals surface area contributed by atoms with E-state index < -0.39 is 28.8 Å². The van der Waals surface area contributed by atoms with Gasteiger partial charge in [-0.1, -0.05) is 12.1 Å². The number of hydrogen-bond acceptors (Lipinski definition) is 4. The fourth-order valence-corrected chi connectivity index (χ4v) is 4.40. The number of nitrogens with zero attached hydrogens (tertiary/aromatic N) is 3. The highest BCUT2D eigenvalue weighted by Crippen LogP contribution is 2.41. The van der Waals surface area contributed by atoms with Crippen LogP contribution in [0.1, 0.15) is 16.7 Å². The van der Waals surface area contributed by atoms with E-state index in [-0.39, 0.29) is 34.0 Å². The summed E-state index contributed by atoms with van der Waals surface area (Å²) in [4.78, 5) is 20.3. The summed E-state index contributed by atoms with van der Waals surface area (Å²) in [5.74, 6) is -2.72. The molecule has 38 heavy (non-hydrogen) atoms. The molecule has 0 aliphatic rings. The molecule has 11 heteroatoms. The van der Waals surface area contributed by atoms with Crippen LogP contribution in [-0.2, 0) is 13.2 Å². The third-order valence-electron chi connectivity index (χ3n) is 6.33. The van der Waals surface area contributed by atoms with Gasteiger partial charge in [-0.15, -0.1) is 0 Å². The Labute approximate surface area is 212 Å². The van der Waals surface area contributed by atoms with Gasteiger partial charge in [-0.2, -0.15) is 18.3 Å². The third-order valence-corrected chi connectivity index (χ3v) is 6.33. The summed E-state index contributed by atoms with van der Waals surface area (Å²) in [6.45, 7) is 2.49. The molecular formula is C27H19F5N4O2. The molecule has 0 bridgehead atoms. The van der Waals surface area contributed by atoms with E-state index in [2.05, 4.69) is 15.1 Å². The summed E-state index contributed by atoms with van der Waals surface area (Å²) < 4.78 is 76.5. The lowest BCUT2D eigenvalue weighted by atomic mass is 9.99. The summed E-state index contributed by atoms with van der Waals surface area (Å²) in [6, 6.07) is 9.95. The average Bonchev–Trinajstić information content (AvgIpc) is 3.28. The predicted molar refractivity (Wildman–Crippen MR) is 131 cm³/mol. The first-order valence-corrected chi connectivity index (χ1v) is 11.3. The van der Waals surface area contributed by atoms with Gasteiger partial charge in [-0.3, -0.25) is 9.48 Å². The smallest absolute Gasteiger partial charge is 0.418 e. The first-order chi connectivity index (χ1) is 18.0. The minimum Gasteiger partial charge on any atom is -0.438 e. The zero-order valence-electron chi connectivity index (χ0n) is 20.2. The molecule has 3 aromatic heterocycles. The van der Waals surface area contributed by atoms with Gasteiger partial charge in [0.05, 0.1) is 33.4 Å². The lowest BCUT2D eigenvalue weighted by Gasteiger charge is -2.18. The quantitative estimate of drug-likeness (QED) is 0.265. The van der Waals surface area contributed by atoms with Crippen LogP contribution in [0.15, 0.2) is 59.7 Å². The number of aromatic nitrogens is 4. The van der Waals surface area contributed by atoms with Crippen LogP contribution < -0.4 is 10.2 Å². The van der Waals surface area contributed by atoms with E-state index in [0.29, 0.717) is 28.4 Å². The van der Waals surface area contributed by atoms with Crippen molar-refractivity contribution < 1.29 is 26.7 Å². The van der Waals surface area contributed by atoms with Crippen LogP contribution >= 0.6 is 0 Å². The highest BCUT2D eigenvalue weighted by atomic mass is 19.4. The van der Waals surface area contributed by atoms with E-state index in [9.17, 15) is 26.7 Å². The van der Waals surface area contributed by atoms with Gasteiger partial charge >= 0.3 is 6.18 Å². The standard InChI is InChI=1S/C27H19F5N4O2/c1-13-16(27(30,31)32)12-33-26(38-22-8-7-17(28)25(29)14(22)2)23(13)19-11-21(37)24-15(5-4-6-18(24)35-19)20-9-10-34-36(20)3/h4-12H,1-3H3,(H,35,37). The van der Waals surface area contributed by atoms with Gasteiger partial charge in [0, 0.05) is 36.6 Å². The summed E-state index contributed by atoms with van der Waals surface area (Å²) in [7, 11) is 1.72. The first kappa shape index (κ1) is 25.1. The molecule has 5 aromatic rings. The SMILES string of the molecule is Cc1c(Oc2ncc(C(F)(F)F)c(C)c2-c2cc(=O)c3c(-c4ccnn4C)cccc3[nH]2)ccc(F)c1F. The second-order valence-corrected chi connectivity index (χ2v) is 8.68. The predicted octanol–water partition coefficient (Wildman–Crippen LogP) is 6.70. The number of fused-ring (bicyclic) bond motifs is 1. The van der Waals surface area contributed by atoms with Crippen molar-refractivity contribution in [2.75, 3.05) is 0 Å². The number of aromatic amines is 1. The van der Waals surface area contributed by atoms with E-state index in [1.807, 2.05) is 0 Å². The minimum atomic E-state index is -4.74. The summed E-state index contributed by atoms with van der Waals surface area (Å²) >= 11 is 0. The Balaban J connectivity index is 1.75. The van der Waals surface area contributed by atoms with Gasteiger partial charge in [0.25, 0.3) is 0 Å². The number of H-pyrrole nitrogens is 1. The molecule has 5 rings (SSSR count). The van der Waals surface area contributed by atoms with E-state index in [1.54, 1.807) is 42.2 Å². The molecule has 0 unspecified atom stereocenters. The average molecular weight is 526 g/mol. The van der Waals surface area contributed by atoms with Gasteiger partial charge in [-0.25, -0.2) is 13.8 Å². The van der Waals surface area contributed by atoms with E-state index >= 15 is 0 Å². The number of halogens is 5. The fourth-order valence-electron chi connectivity index (χ4n) is 4.40. The molecule has 0 fully saturated rings. The molecule has 3 heterocycles. The van der Waals surface area contributed by atoms with Gasteiger partial charge in [0.1, 0.15) is 5.75 Å². The molecule has 0 atom stereocenters. The Kier molecular flexibility index (Phi) is 6.01. The molecule has 1 N–H and O–H groups in total. The zero-order valence-corrected chi connectivity index (χ0v) is 20.2. The van der Waals surface area contributed by atoms with Crippen molar-refractivity contribution in [2.45, 2.75) is 20.0 Å². The molecule has 0 spiro atoms. The summed E-state index contributed by atoms with van der Waals surface area (Å²) in [5.41, 5.74) is -0.470. The number of benzene rings is 2. The van der Waals surface area contributed by atoms with Crippen molar-refractivity contribution in [1.29, 1.82) is 0 Å². The number of aryl methyl sites for hydroxylation is 1. The number of pyridine rings is 2. The Bertz CT molecular complexity index is 1770. The van der Waals surface area contributed by atoms with Gasteiger partial charge < -0.3 is 9.72 Å². The maximum atomic E-state index is 14.1. The number of rotatable bonds is 4. The lowest BCUT2D eigenvalue weighted by molar-refractivity contribution is -0.138. The van der Waals surface area contributed by atoms with Crippen molar-refractivity contribution in [3.8, 4) is 34.1 Å². The Hall–Kier alpha value is -4.54.